The van der Waals surface area contributed by atoms with E-state index in [4.69, 9.17) is 4.74 Å². The molecular formula is C12H20O3. The zero-order chi connectivity index (χ0) is 11.1. The van der Waals surface area contributed by atoms with E-state index in [1.54, 1.807) is 0 Å². The zero-order valence-corrected chi connectivity index (χ0v) is 9.41. The Morgan fingerprint density at radius 1 is 1.40 bits per heavy atom. The van der Waals surface area contributed by atoms with Gasteiger partial charge in [0.25, 0.3) is 0 Å². The number of carbonyl (C=O) groups is 2. The normalized spacial score (nSPS) is 19.5. The van der Waals surface area contributed by atoms with E-state index >= 15 is 0 Å². The summed E-state index contributed by atoms with van der Waals surface area (Å²) in [7, 11) is 1.39. The van der Waals surface area contributed by atoms with Crippen molar-refractivity contribution in [2.75, 3.05) is 7.11 Å². The highest BCUT2D eigenvalue weighted by Gasteiger charge is 2.24. The number of ether oxygens (including phenoxy) is 1. The predicted molar refractivity (Wildman–Crippen MR) is 57.4 cm³/mol. The Morgan fingerprint density at radius 2 is 2.07 bits per heavy atom. The van der Waals surface area contributed by atoms with Gasteiger partial charge in [-0.2, -0.15) is 0 Å². The van der Waals surface area contributed by atoms with E-state index in [0.29, 0.717) is 12.3 Å². The largest absolute Gasteiger partial charge is 0.469 e. The SMILES string of the molecule is COC(=O)[C@@H](CC=O)CC1CCCCC1. The fourth-order valence-corrected chi connectivity index (χ4v) is 2.40. The van der Waals surface area contributed by atoms with Gasteiger partial charge in [-0.3, -0.25) is 4.79 Å². The van der Waals surface area contributed by atoms with Crippen LogP contribution in [0.2, 0.25) is 0 Å². The van der Waals surface area contributed by atoms with Crippen LogP contribution in [-0.2, 0) is 14.3 Å². The third-order valence-corrected chi connectivity index (χ3v) is 3.26. The van der Waals surface area contributed by atoms with E-state index in [1.807, 2.05) is 0 Å². The summed E-state index contributed by atoms with van der Waals surface area (Å²) < 4.78 is 4.71. The van der Waals surface area contributed by atoms with Crippen molar-refractivity contribution in [2.45, 2.75) is 44.9 Å². The van der Waals surface area contributed by atoms with E-state index in [2.05, 4.69) is 0 Å². The van der Waals surface area contributed by atoms with Gasteiger partial charge in [0.15, 0.2) is 0 Å². The number of rotatable bonds is 5. The second kappa shape index (κ2) is 6.59. The second-order valence-corrected chi connectivity index (χ2v) is 4.36. The minimum atomic E-state index is -0.229. The third-order valence-electron chi connectivity index (χ3n) is 3.26. The first-order chi connectivity index (χ1) is 7.27. The van der Waals surface area contributed by atoms with Gasteiger partial charge in [-0.05, 0) is 12.3 Å². The smallest absolute Gasteiger partial charge is 0.309 e. The fraction of sp³-hybridized carbons (Fsp3) is 0.833. The molecule has 1 aliphatic rings. The molecule has 0 aromatic heterocycles. The van der Waals surface area contributed by atoms with Gasteiger partial charge in [-0.15, -0.1) is 0 Å². The topological polar surface area (TPSA) is 43.4 Å². The van der Waals surface area contributed by atoms with Crippen molar-refractivity contribution >= 4 is 12.3 Å². The maximum atomic E-state index is 11.4. The Bertz CT molecular complexity index is 207. The van der Waals surface area contributed by atoms with E-state index in [0.717, 1.165) is 12.7 Å². The Balaban J connectivity index is 2.41. The van der Waals surface area contributed by atoms with Crippen LogP contribution in [0, 0.1) is 11.8 Å². The lowest BCUT2D eigenvalue weighted by Gasteiger charge is -2.24. The molecule has 0 aromatic carbocycles. The van der Waals surface area contributed by atoms with Crippen LogP contribution in [0.15, 0.2) is 0 Å². The molecule has 86 valence electrons. The molecule has 0 spiro atoms. The number of esters is 1. The molecule has 0 aromatic rings. The number of aldehydes is 1. The molecule has 0 unspecified atom stereocenters. The monoisotopic (exact) mass is 212 g/mol. The maximum Gasteiger partial charge on any atom is 0.309 e. The number of methoxy groups -OCH3 is 1. The quantitative estimate of drug-likeness (QED) is 0.519. The van der Waals surface area contributed by atoms with Gasteiger partial charge in [-0.1, -0.05) is 32.1 Å². The minimum absolute atomic E-state index is 0.212. The fourth-order valence-electron chi connectivity index (χ4n) is 2.40. The molecule has 1 saturated carbocycles. The molecule has 1 atom stereocenters. The summed E-state index contributed by atoms with van der Waals surface area (Å²) >= 11 is 0. The van der Waals surface area contributed by atoms with Crippen LogP contribution in [-0.4, -0.2) is 19.4 Å². The third kappa shape index (κ3) is 4.02. The zero-order valence-electron chi connectivity index (χ0n) is 9.41. The van der Waals surface area contributed by atoms with Crippen LogP contribution in [0.3, 0.4) is 0 Å². The lowest BCUT2D eigenvalue weighted by molar-refractivity contribution is -0.147. The average molecular weight is 212 g/mol. The molecule has 0 N–H and O–H groups in total. The Hall–Kier alpha value is -0.860. The van der Waals surface area contributed by atoms with E-state index < -0.39 is 0 Å². The van der Waals surface area contributed by atoms with Crippen LogP contribution in [0.5, 0.6) is 0 Å². The van der Waals surface area contributed by atoms with Gasteiger partial charge in [0.2, 0.25) is 0 Å². The first kappa shape index (κ1) is 12.2. The molecule has 3 heteroatoms. The summed E-state index contributed by atoms with van der Waals surface area (Å²) in [5.74, 6) is 0.172. The van der Waals surface area contributed by atoms with Crippen molar-refractivity contribution in [1.82, 2.24) is 0 Å². The van der Waals surface area contributed by atoms with Gasteiger partial charge in [0, 0.05) is 6.42 Å². The standard InChI is InChI=1S/C12H20O3/c1-15-12(14)11(7-8-13)9-10-5-3-2-4-6-10/h8,10-11H,2-7,9H2,1H3/t11-/m0/s1. The molecule has 15 heavy (non-hydrogen) atoms. The summed E-state index contributed by atoms with van der Waals surface area (Å²) in [5.41, 5.74) is 0. The van der Waals surface area contributed by atoms with Gasteiger partial charge in [0.1, 0.15) is 6.29 Å². The second-order valence-electron chi connectivity index (χ2n) is 4.36. The Morgan fingerprint density at radius 3 is 2.60 bits per heavy atom. The van der Waals surface area contributed by atoms with Crippen LogP contribution in [0.25, 0.3) is 0 Å². The van der Waals surface area contributed by atoms with Crippen molar-refractivity contribution in [3.63, 3.8) is 0 Å². The van der Waals surface area contributed by atoms with Crippen molar-refractivity contribution in [2.24, 2.45) is 11.8 Å². The van der Waals surface area contributed by atoms with Crippen molar-refractivity contribution < 1.29 is 14.3 Å². The van der Waals surface area contributed by atoms with Crippen LogP contribution in [0.1, 0.15) is 44.9 Å². The summed E-state index contributed by atoms with van der Waals surface area (Å²) in [4.78, 5) is 21.9. The Labute approximate surface area is 91.2 Å². The maximum absolute atomic E-state index is 11.4. The summed E-state index contributed by atoms with van der Waals surface area (Å²) in [6.07, 6.45) is 8.20. The number of hydrogen-bond donors (Lipinski definition) is 0. The summed E-state index contributed by atoms with van der Waals surface area (Å²) in [5, 5.41) is 0. The van der Waals surface area contributed by atoms with Crippen LogP contribution >= 0.6 is 0 Å². The lowest BCUT2D eigenvalue weighted by Crippen LogP contribution is -2.21. The van der Waals surface area contributed by atoms with E-state index in [9.17, 15) is 9.59 Å². The van der Waals surface area contributed by atoms with E-state index in [1.165, 1.54) is 39.2 Å². The molecule has 0 aliphatic heterocycles. The van der Waals surface area contributed by atoms with Gasteiger partial charge in [0.05, 0.1) is 13.0 Å². The van der Waals surface area contributed by atoms with Gasteiger partial charge in [-0.25, -0.2) is 0 Å². The molecule has 3 nitrogen and oxygen atoms in total. The van der Waals surface area contributed by atoms with Crippen molar-refractivity contribution in [3.8, 4) is 0 Å². The van der Waals surface area contributed by atoms with Gasteiger partial charge < -0.3 is 9.53 Å². The summed E-state index contributed by atoms with van der Waals surface area (Å²) in [6, 6.07) is 0. The van der Waals surface area contributed by atoms with Gasteiger partial charge >= 0.3 is 5.97 Å². The Kier molecular flexibility index (Phi) is 5.37. The molecule has 0 radical (unpaired) electrons. The lowest BCUT2D eigenvalue weighted by atomic mass is 9.82. The molecule has 1 fully saturated rings. The van der Waals surface area contributed by atoms with Crippen LogP contribution in [0.4, 0.5) is 0 Å². The van der Waals surface area contributed by atoms with Crippen molar-refractivity contribution in [1.29, 1.82) is 0 Å². The van der Waals surface area contributed by atoms with E-state index in [-0.39, 0.29) is 11.9 Å². The molecule has 0 saturated heterocycles. The molecule has 0 heterocycles. The molecular weight excluding hydrogens is 192 g/mol. The first-order valence-corrected chi connectivity index (χ1v) is 5.79. The van der Waals surface area contributed by atoms with Crippen LogP contribution < -0.4 is 0 Å². The average Bonchev–Trinajstić information content (AvgIpc) is 2.29. The van der Waals surface area contributed by atoms with Crippen molar-refractivity contribution in [3.05, 3.63) is 0 Å². The molecule has 0 amide bonds. The highest BCUT2D eigenvalue weighted by atomic mass is 16.5. The summed E-state index contributed by atoms with van der Waals surface area (Å²) in [6.45, 7) is 0. The molecule has 0 bridgehead atoms. The highest BCUT2D eigenvalue weighted by molar-refractivity contribution is 5.75. The predicted octanol–water partition coefficient (Wildman–Crippen LogP) is 2.33. The molecule has 1 rings (SSSR count). The molecule has 1 aliphatic carbocycles. The minimum Gasteiger partial charge on any atom is -0.469 e. The number of hydrogen-bond acceptors (Lipinski definition) is 3. The first-order valence-electron chi connectivity index (χ1n) is 5.79. The highest BCUT2D eigenvalue weighted by Crippen LogP contribution is 2.30. The number of carbonyl (C=O) groups excluding carboxylic acids is 2.